The van der Waals surface area contributed by atoms with Crippen LogP contribution in [0.25, 0.3) is 0 Å². The van der Waals surface area contributed by atoms with Crippen LogP contribution in [0.5, 0.6) is 0 Å². The summed E-state index contributed by atoms with van der Waals surface area (Å²) in [6.07, 6.45) is 2.08. The Morgan fingerprint density at radius 3 is 2.86 bits per heavy atom. The van der Waals surface area contributed by atoms with E-state index in [-0.39, 0.29) is 6.10 Å². The predicted molar refractivity (Wildman–Crippen MR) is 57.4 cm³/mol. The maximum atomic E-state index is 9.33. The molecule has 0 aromatic heterocycles. The van der Waals surface area contributed by atoms with Crippen molar-refractivity contribution in [3.05, 3.63) is 0 Å². The molecule has 1 aliphatic heterocycles. The molecule has 0 saturated carbocycles. The summed E-state index contributed by atoms with van der Waals surface area (Å²) in [5, 5.41) is 9.33. The third kappa shape index (κ3) is 3.95. The number of hydrogen-bond donors (Lipinski definition) is 1. The zero-order valence-corrected chi connectivity index (χ0v) is 9.57. The van der Waals surface area contributed by atoms with Gasteiger partial charge in [-0.3, -0.25) is 4.90 Å². The maximum absolute atomic E-state index is 9.33. The Hall–Kier alpha value is -0.120. The standard InChI is InChI=1S/C11H23NO2/c1-9(7-10(2)13)12-5-4-6-14-11(3)8-12/h9-11,13H,4-8H2,1-3H3. The fraction of sp³-hybridized carbons (Fsp3) is 1.00. The average molecular weight is 201 g/mol. The number of nitrogens with zero attached hydrogens (tertiary/aromatic N) is 1. The molecular weight excluding hydrogens is 178 g/mol. The molecule has 3 nitrogen and oxygen atoms in total. The van der Waals surface area contributed by atoms with Gasteiger partial charge in [-0.25, -0.2) is 0 Å². The second-order valence-corrected chi connectivity index (χ2v) is 4.46. The fourth-order valence-corrected chi connectivity index (χ4v) is 2.07. The highest BCUT2D eigenvalue weighted by Crippen LogP contribution is 2.12. The molecule has 0 aromatic carbocycles. The van der Waals surface area contributed by atoms with Crippen molar-refractivity contribution in [3.63, 3.8) is 0 Å². The van der Waals surface area contributed by atoms with Crippen molar-refractivity contribution in [2.24, 2.45) is 0 Å². The fourth-order valence-electron chi connectivity index (χ4n) is 2.07. The Labute approximate surface area is 87.1 Å². The van der Waals surface area contributed by atoms with E-state index in [1.807, 2.05) is 6.92 Å². The van der Waals surface area contributed by atoms with E-state index >= 15 is 0 Å². The predicted octanol–water partition coefficient (Wildman–Crippen LogP) is 1.26. The van der Waals surface area contributed by atoms with Gasteiger partial charge in [0.25, 0.3) is 0 Å². The van der Waals surface area contributed by atoms with Gasteiger partial charge in [0.2, 0.25) is 0 Å². The van der Waals surface area contributed by atoms with E-state index in [9.17, 15) is 5.11 Å². The lowest BCUT2D eigenvalue weighted by Crippen LogP contribution is -2.39. The number of aliphatic hydroxyl groups excluding tert-OH is 1. The number of rotatable bonds is 3. The van der Waals surface area contributed by atoms with Crippen LogP contribution in [0.15, 0.2) is 0 Å². The molecule has 1 saturated heterocycles. The Morgan fingerprint density at radius 2 is 2.21 bits per heavy atom. The van der Waals surface area contributed by atoms with E-state index < -0.39 is 0 Å². The van der Waals surface area contributed by atoms with E-state index in [0.717, 1.165) is 32.5 Å². The molecule has 14 heavy (non-hydrogen) atoms. The molecule has 1 heterocycles. The van der Waals surface area contributed by atoms with Gasteiger partial charge >= 0.3 is 0 Å². The highest BCUT2D eigenvalue weighted by molar-refractivity contribution is 4.74. The van der Waals surface area contributed by atoms with Crippen LogP contribution in [0.4, 0.5) is 0 Å². The van der Waals surface area contributed by atoms with Gasteiger partial charge in [0.15, 0.2) is 0 Å². The van der Waals surface area contributed by atoms with Gasteiger partial charge in [-0.05, 0) is 33.6 Å². The summed E-state index contributed by atoms with van der Waals surface area (Å²) in [7, 11) is 0. The van der Waals surface area contributed by atoms with Gasteiger partial charge in [-0.2, -0.15) is 0 Å². The van der Waals surface area contributed by atoms with Crippen LogP contribution in [0, 0.1) is 0 Å². The van der Waals surface area contributed by atoms with Crippen molar-refractivity contribution in [2.75, 3.05) is 19.7 Å². The van der Waals surface area contributed by atoms with Gasteiger partial charge in [-0.15, -0.1) is 0 Å². The van der Waals surface area contributed by atoms with Crippen LogP contribution in [0.1, 0.15) is 33.6 Å². The Morgan fingerprint density at radius 1 is 1.50 bits per heavy atom. The molecule has 1 aliphatic rings. The molecule has 0 spiro atoms. The largest absolute Gasteiger partial charge is 0.393 e. The van der Waals surface area contributed by atoms with Crippen LogP contribution < -0.4 is 0 Å². The Balaban J connectivity index is 2.39. The first-order chi connectivity index (χ1) is 6.59. The summed E-state index contributed by atoms with van der Waals surface area (Å²) < 4.78 is 5.58. The lowest BCUT2D eigenvalue weighted by atomic mass is 10.1. The van der Waals surface area contributed by atoms with Gasteiger partial charge in [0.05, 0.1) is 12.2 Å². The zero-order valence-electron chi connectivity index (χ0n) is 9.57. The summed E-state index contributed by atoms with van der Waals surface area (Å²) in [6.45, 7) is 9.12. The molecule has 0 amide bonds. The minimum Gasteiger partial charge on any atom is -0.393 e. The number of aliphatic hydroxyl groups is 1. The summed E-state index contributed by atoms with van der Waals surface area (Å²) in [5.74, 6) is 0. The molecule has 0 radical (unpaired) electrons. The van der Waals surface area contributed by atoms with Gasteiger partial charge < -0.3 is 9.84 Å². The minimum absolute atomic E-state index is 0.204. The number of ether oxygens (including phenoxy) is 1. The lowest BCUT2D eigenvalue weighted by molar-refractivity contribution is 0.0552. The lowest BCUT2D eigenvalue weighted by Gasteiger charge is -2.29. The topological polar surface area (TPSA) is 32.7 Å². The van der Waals surface area contributed by atoms with E-state index in [1.54, 1.807) is 0 Å². The Bertz CT molecular complexity index is 161. The van der Waals surface area contributed by atoms with Crippen molar-refractivity contribution < 1.29 is 9.84 Å². The van der Waals surface area contributed by atoms with E-state index in [1.165, 1.54) is 0 Å². The van der Waals surface area contributed by atoms with Crippen LogP contribution >= 0.6 is 0 Å². The zero-order chi connectivity index (χ0) is 10.6. The molecular formula is C11H23NO2. The first-order valence-corrected chi connectivity index (χ1v) is 5.63. The van der Waals surface area contributed by atoms with E-state index in [2.05, 4.69) is 18.7 Å². The third-order valence-corrected chi connectivity index (χ3v) is 2.79. The van der Waals surface area contributed by atoms with Crippen molar-refractivity contribution in [1.82, 2.24) is 4.90 Å². The second kappa shape index (κ2) is 5.69. The van der Waals surface area contributed by atoms with Crippen molar-refractivity contribution >= 4 is 0 Å². The summed E-state index contributed by atoms with van der Waals surface area (Å²) in [4.78, 5) is 2.42. The smallest absolute Gasteiger partial charge is 0.0673 e. The summed E-state index contributed by atoms with van der Waals surface area (Å²) in [5.41, 5.74) is 0. The molecule has 3 heteroatoms. The van der Waals surface area contributed by atoms with Gasteiger partial charge in [0.1, 0.15) is 0 Å². The van der Waals surface area contributed by atoms with Gasteiger partial charge in [-0.1, -0.05) is 0 Å². The van der Waals surface area contributed by atoms with Crippen LogP contribution in [0.3, 0.4) is 0 Å². The van der Waals surface area contributed by atoms with Crippen molar-refractivity contribution in [1.29, 1.82) is 0 Å². The molecule has 0 bridgehead atoms. The molecule has 1 N–H and O–H groups in total. The van der Waals surface area contributed by atoms with Crippen LogP contribution in [-0.4, -0.2) is 48.0 Å². The quantitative estimate of drug-likeness (QED) is 0.746. The van der Waals surface area contributed by atoms with Crippen molar-refractivity contribution in [3.8, 4) is 0 Å². The Kier molecular flexibility index (Phi) is 4.85. The highest BCUT2D eigenvalue weighted by atomic mass is 16.5. The first kappa shape index (κ1) is 12.0. The van der Waals surface area contributed by atoms with Crippen LogP contribution in [0.2, 0.25) is 0 Å². The second-order valence-electron chi connectivity index (χ2n) is 4.46. The number of hydrogen-bond acceptors (Lipinski definition) is 3. The van der Waals surface area contributed by atoms with Crippen LogP contribution in [-0.2, 0) is 4.74 Å². The third-order valence-electron chi connectivity index (χ3n) is 2.79. The molecule has 1 fully saturated rings. The van der Waals surface area contributed by atoms with Gasteiger partial charge in [0, 0.05) is 25.7 Å². The molecule has 0 aliphatic carbocycles. The maximum Gasteiger partial charge on any atom is 0.0673 e. The first-order valence-electron chi connectivity index (χ1n) is 5.63. The van der Waals surface area contributed by atoms with E-state index in [0.29, 0.717) is 12.1 Å². The SMILES string of the molecule is CC(O)CC(C)N1CCCOC(C)C1. The highest BCUT2D eigenvalue weighted by Gasteiger charge is 2.20. The normalized spacial score (nSPS) is 29.6. The molecule has 0 aromatic rings. The summed E-state index contributed by atoms with van der Waals surface area (Å²) in [6, 6.07) is 0.458. The minimum atomic E-state index is -0.204. The average Bonchev–Trinajstić information content (AvgIpc) is 2.28. The molecule has 3 atom stereocenters. The summed E-state index contributed by atoms with van der Waals surface area (Å²) >= 11 is 0. The molecule has 84 valence electrons. The van der Waals surface area contributed by atoms with Crippen molar-refractivity contribution in [2.45, 2.75) is 51.9 Å². The van der Waals surface area contributed by atoms with E-state index in [4.69, 9.17) is 4.74 Å². The molecule has 1 rings (SSSR count). The molecule has 3 unspecified atom stereocenters. The monoisotopic (exact) mass is 201 g/mol.